The molecule has 5 nitrogen and oxygen atoms in total. The van der Waals surface area contributed by atoms with Crippen LogP contribution in [0.25, 0.3) is 0 Å². The van der Waals surface area contributed by atoms with Gasteiger partial charge in [0.2, 0.25) is 0 Å². The van der Waals surface area contributed by atoms with E-state index in [4.69, 9.17) is 32.8 Å². The third kappa shape index (κ3) is 4.83. The molecule has 2 heterocycles. The molecule has 0 atom stereocenters. The fraction of sp³-hybridized carbons (Fsp3) is 0.364. The number of nitrogens with zero attached hydrogens (tertiary/aromatic N) is 2. The van der Waals surface area contributed by atoms with Gasteiger partial charge in [0.1, 0.15) is 12.2 Å². The van der Waals surface area contributed by atoms with Gasteiger partial charge in [-0.3, -0.25) is 9.69 Å². The standard InChI is InChI=1S/C22H21BrCl2N2O3/c23-18-9-16(10-19(24)21(18)25)12-27-7-5-22(6-8-27)11-20(26-30-22)17-3-1-15(2-4-17)13-29-14-28/h1-4,9-10,14H,5-8,11-13H2. The molecule has 0 unspecified atom stereocenters. The highest BCUT2D eigenvalue weighted by atomic mass is 79.9. The van der Waals surface area contributed by atoms with Gasteiger partial charge in [-0.2, -0.15) is 0 Å². The zero-order chi connectivity index (χ0) is 21.1. The van der Waals surface area contributed by atoms with Gasteiger partial charge < -0.3 is 9.57 Å². The van der Waals surface area contributed by atoms with Crippen molar-refractivity contribution in [3.63, 3.8) is 0 Å². The Labute approximate surface area is 194 Å². The van der Waals surface area contributed by atoms with Crippen LogP contribution in [0.1, 0.15) is 36.0 Å². The van der Waals surface area contributed by atoms with Crippen LogP contribution in [0.2, 0.25) is 10.0 Å². The first-order valence-electron chi connectivity index (χ1n) is 9.73. The van der Waals surface area contributed by atoms with E-state index in [1.807, 2.05) is 36.4 Å². The molecule has 0 radical (unpaired) electrons. The Bertz CT molecular complexity index is 934. The number of likely N-dealkylation sites (tertiary alicyclic amines) is 1. The Morgan fingerprint density at radius 2 is 1.90 bits per heavy atom. The third-order valence-corrected chi connectivity index (χ3v) is 7.32. The molecule has 2 aliphatic rings. The van der Waals surface area contributed by atoms with Gasteiger partial charge >= 0.3 is 0 Å². The molecule has 0 aliphatic carbocycles. The Hall–Kier alpha value is -1.60. The molecule has 158 valence electrons. The Balaban J connectivity index is 1.33. The van der Waals surface area contributed by atoms with Gasteiger partial charge in [0, 0.05) is 43.4 Å². The molecule has 0 amide bonds. The monoisotopic (exact) mass is 510 g/mol. The van der Waals surface area contributed by atoms with Gasteiger partial charge in [0.05, 0.1) is 15.8 Å². The second-order valence-electron chi connectivity index (χ2n) is 7.74. The minimum Gasteiger partial charge on any atom is -0.463 e. The molecule has 2 aromatic rings. The van der Waals surface area contributed by atoms with Gasteiger partial charge in [-0.05, 0) is 44.8 Å². The minimum atomic E-state index is -0.219. The maximum Gasteiger partial charge on any atom is 0.293 e. The van der Waals surface area contributed by atoms with Crippen molar-refractivity contribution in [3.8, 4) is 0 Å². The fourth-order valence-corrected chi connectivity index (χ4v) is 4.92. The summed E-state index contributed by atoms with van der Waals surface area (Å²) in [4.78, 5) is 18.7. The molecule has 8 heteroatoms. The van der Waals surface area contributed by atoms with E-state index >= 15 is 0 Å². The molecule has 0 N–H and O–H groups in total. The number of rotatable bonds is 6. The summed E-state index contributed by atoms with van der Waals surface area (Å²) in [5.41, 5.74) is 3.88. The summed E-state index contributed by atoms with van der Waals surface area (Å²) in [6.07, 6.45) is 2.66. The van der Waals surface area contributed by atoms with Crippen molar-refractivity contribution in [3.05, 3.63) is 67.6 Å². The molecule has 0 saturated carbocycles. The lowest BCUT2D eigenvalue weighted by molar-refractivity contribution is -0.129. The van der Waals surface area contributed by atoms with Gasteiger partial charge in [0.25, 0.3) is 6.47 Å². The summed E-state index contributed by atoms with van der Waals surface area (Å²) in [5.74, 6) is 0. The van der Waals surface area contributed by atoms with Gasteiger partial charge in [-0.25, -0.2) is 0 Å². The van der Waals surface area contributed by atoms with Crippen LogP contribution >= 0.6 is 39.1 Å². The Morgan fingerprint density at radius 1 is 1.17 bits per heavy atom. The number of oxime groups is 1. The van der Waals surface area contributed by atoms with E-state index in [-0.39, 0.29) is 12.2 Å². The molecule has 30 heavy (non-hydrogen) atoms. The van der Waals surface area contributed by atoms with Crippen molar-refractivity contribution < 1.29 is 14.4 Å². The minimum absolute atomic E-state index is 0.219. The van der Waals surface area contributed by atoms with Gasteiger partial charge in [-0.1, -0.05) is 52.6 Å². The quantitative estimate of drug-likeness (QED) is 0.374. The van der Waals surface area contributed by atoms with E-state index in [0.29, 0.717) is 16.5 Å². The van der Waals surface area contributed by atoms with E-state index < -0.39 is 0 Å². The summed E-state index contributed by atoms with van der Waals surface area (Å²) < 4.78 is 5.61. The topological polar surface area (TPSA) is 51.1 Å². The molecule has 1 fully saturated rings. The summed E-state index contributed by atoms with van der Waals surface area (Å²) in [5, 5.41) is 5.50. The van der Waals surface area contributed by atoms with Crippen LogP contribution in [-0.2, 0) is 27.5 Å². The highest BCUT2D eigenvalue weighted by Crippen LogP contribution is 2.37. The van der Waals surface area contributed by atoms with E-state index in [2.05, 4.69) is 26.0 Å². The summed E-state index contributed by atoms with van der Waals surface area (Å²) in [6.45, 7) is 3.43. The highest BCUT2D eigenvalue weighted by Gasteiger charge is 2.42. The summed E-state index contributed by atoms with van der Waals surface area (Å²) >= 11 is 15.8. The largest absolute Gasteiger partial charge is 0.463 e. The molecule has 1 spiro atoms. The van der Waals surface area contributed by atoms with Crippen LogP contribution in [0.4, 0.5) is 0 Å². The Kier molecular flexibility index (Phi) is 6.68. The second kappa shape index (κ2) is 9.27. The van der Waals surface area contributed by atoms with Gasteiger partial charge in [0.15, 0.2) is 0 Å². The van der Waals surface area contributed by atoms with Crippen molar-refractivity contribution in [2.45, 2.75) is 38.0 Å². The summed E-state index contributed by atoms with van der Waals surface area (Å²) in [7, 11) is 0. The molecule has 0 aromatic heterocycles. The number of piperidine rings is 1. The average Bonchev–Trinajstić information content (AvgIpc) is 3.16. The van der Waals surface area contributed by atoms with Crippen LogP contribution in [-0.4, -0.2) is 35.8 Å². The maximum absolute atomic E-state index is 10.3. The highest BCUT2D eigenvalue weighted by molar-refractivity contribution is 9.10. The van der Waals surface area contributed by atoms with Crippen LogP contribution in [0.3, 0.4) is 0 Å². The predicted molar refractivity (Wildman–Crippen MR) is 121 cm³/mol. The zero-order valence-corrected chi connectivity index (χ0v) is 19.3. The third-order valence-electron chi connectivity index (χ3n) is 5.66. The second-order valence-corrected chi connectivity index (χ2v) is 9.38. The van der Waals surface area contributed by atoms with Gasteiger partial charge in [-0.15, -0.1) is 0 Å². The number of hydrogen-bond acceptors (Lipinski definition) is 5. The van der Waals surface area contributed by atoms with Crippen LogP contribution in [0, 0.1) is 0 Å². The zero-order valence-electron chi connectivity index (χ0n) is 16.2. The molecule has 4 rings (SSSR count). The van der Waals surface area contributed by atoms with Crippen molar-refractivity contribution >= 4 is 51.3 Å². The number of halogens is 3. The molecule has 2 aliphatic heterocycles. The number of ether oxygens (including phenoxy) is 1. The van der Waals surface area contributed by atoms with Crippen LogP contribution < -0.4 is 0 Å². The van der Waals surface area contributed by atoms with Crippen molar-refractivity contribution in [2.24, 2.45) is 5.16 Å². The van der Waals surface area contributed by atoms with Crippen molar-refractivity contribution in [1.82, 2.24) is 4.90 Å². The first-order valence-corrected chi connectivity index (χ1v) is 11.3. The van der Waals surface area contributed by atoms with Crippen LogP contribution in [0.5, 0.6) is 0 Å². The normalized spacial score (nSPS) is 18.2. The van der Waals surface area contributed by atoms with E-state index in [9.17, 15) is 4.79 Å². The summed E-state index contributed by atoms with van der Waals surface area (Å²) in [6, 6.07) is 11.9. The molecule has 1 saturated heterocycles. The van der Waals surface area contributed by atoms with E-state index in [1.54, 1.807) is 0 Å². The smallest absolute Gasteiger partial charge is 0.293 e. The SMILES string of the molecule is O=COCc1ccc(C2=NOC3(CCN(Cc4cc(Cl)c(Cl)c(Br)c4)CC3)C2)cc1. The predicted octanol–water partition coefficient (Wildman–Crippen LogP) is 5.59. The lowest BCUT2D eigenvalue weighted by Gasteiger charge is -2.37. The number of carbonyl (C=O) groups is 1. The Morgan fingerprint density at radius 3 is 2.57 bits per heavy atom. The fourth-order valence-electron chi connectivity index (χ4n) is 3.94. The molecular formula is C22H21BrCl2N2O3. The maximum atomic E-state index is 10.3. The lowest BCUT2D eigenvalue weighted by Crippen LogP contribution is -2.44. The molecule has 2 aromatic carbocycles. The van der Waals surface area contributed by atoms with Crippen molar-refractivity contribution in [2.75, 3.05) is 13.1 Å². The van der Waals surface area contributed by atoms with E-state index in [0.717, 1.165) is 65.8 Å². The van der Waals surface area contributed by atoms with Crippen molar-refractivity contribution in [1.29, 1.82) is 0 Å². The average molecular weight is 512 g/mol. The lowest BCUT2D eigenvalue weighted by atomic mass is 9.85. The molecular weight excluding hydrogens is 491 g/mol. The van der Waals surface area contributed by atoms with E-state index in [1.165, 1.54) is 0 Å². The number of benzene rings is 2. The first kappa shape index (κ1) is 21.6. The number of hydrogen-bond donors (Lipinski definition) is 0. The number of carbonyl (C=O) groups excluding carboxylic acids is 1. The van der Waals surface area contributed by atoms with Crippen LogP contribution in [0.15, 0.2) is 46.0 Å². The molecule has 0 bridgehead atoms. The first-order chi connectivity index (χ1) is 14.5.